The topological polar surface area (TPSA) is 30.5 Å². The van der Waals surface area contributed by atoms with Crippen molar-refractivity contribution in [2.45, 2.75) is 46.5 Å². The molecule has 1 atom stereocenters. The molecule has 0 aliphatic heterocycles. The van der Waals surface area contributed by atoms with Crippen LogP contribution in [-0.2, 0) is 9.47 Å². The van der Waals surface area contributed by atoms with E-state index in [2.05, 4.69) is 26.1 Å². The van der Waals surface area contributed by atoms with Gasteiger partial charge in [-0.15, -0.1) is 0 Å². The third kappa shape index (κ3) is 13.8. The second kappa shape index (κ2) is 13.9. The van der Waals surface area contributed by atoms with Crippen LogP contribution in [0.5, 0.6) is 0 Å². The van der Waals surface area contributed by atoms with Gasteiger partial charge in [0.2, 0.25) is 0 Å². The molecule has 1 unspecified atom stereocenters. The largest absolute Gasteiger partial charge is 0.380 e. The fraction of sp³-hybridized carbons (Fsp3) is 1.00. The third-order valence-corrected chi connectivity index (χ3v) is 2.67. The predicted molar refractivity (Wildman–Crippen MR) is 73.5 cm³/mol. The monoisotopic (exact) mass is 245 g/mol. The second-order valence-electron chi connectivity index (χ2n) is 4.68. The van der Waals surface area contributed by atoms with Crippen molar-refractivity contribution in [2.24, 2.45) is 5.92 Å². The van der Waals surface area contributed by atoms with Crippen molar-refractivity contribution in [1.29, 1.82) is 0 Å². The van der Waals surface area contributed by atoms with E-state index in [1.54, 1.807) is 0 Å². The summed E-state index contributed by atoms with van der Waals surface area (Å²) in [5, 5.41) is 3.32. The van der Waals surface area contributed by atoms with E-state index in [0.29, 0.717) is 5.92 Å². The second-order valence-corrected chi connectivity index (χ2v) is 4.68. The molecule has 0 aromatic rings. The number of rotatable bonds is 13. The highest BCUT2D eigenvalue weighted by Crippen LogP contribution is 2.04. The zero-order valence-electron chi connectivity index (χ0n) is 12.0. The molecule has 0 aliphatic rings. The van der Waals surface area contributed by atoms with E-state index in [0.717, 1.165) is 39.5 Å². The highest BCUT2D eigenvalue weighted by Gasteiger charge is 1.99. The summed E-state index contributed by atoms with van der Waals surface area (Å²) in [6.45, 7) is 11.9. The Balaban J connectivity index is 2.98. The van der Waals surface area contributed by atoms with E-state index in [-0.39, 0.29) is 0 Å². The first-order valence-corrected chi connectivity index (χ1v) is 7.17. The molecule has 0 aliphatic carbocycles. The van der Waals surface area contributed by atoms with Crippen molar-refractivity contribution in [3.05, 3.63) is 0 Å². The molecule has 0 spiro atoms. The zero-order valence-corrected chi connectivity index (χ0v) is 12.0. The molecular weight excluding hydrogens is 214 g/mol. The molecule has 0 bridgehead atoms. The number of nitrogens with one attached hydrogen (secondary N) is 1. The fourth-order valence-electron chi connectivity index (χ4n) is 1.62. The minimum absolute atomic E-state index is 0.692. The van der Waals surface area contributed by atoms with Gasteiger partial charge in [-0.05, 0) is 18.8 Å². The normalized spacial score (nSPS) is 12.9. The van der Waals surface area contributed by atoms with Crippen LogP contribution >= 0.6 is 0 Å². The van der Waals surface area contributed by atoms with Crippen LogP contribution in [-0.4, -0.2) is 39.5 Å². The molecule has 0 amide bonds. The molecule has 0 saturated heterocycles. The summed E-state index contributed by atoms with van der Waals surface area (Å²) < 4.78 is 11.0. The van der Waals surface area contributed by atoms with E-state index < -0.39 is 0 Å². The summed E-state index contributed by atoms with van der Waals surface area (Å²) in [4.78, 5) is 0. The van der Waals surface area contributed by atoms with E-state index in [1.165, 1.54) is 25.7 Å². The Bertz CT molecular complexity index is 142. The minimum Gasteiger partial charge on any atom is -0.380 e. The molecule has 104 valence electrons. The van der Waals surface area contributed by atoms with Crippen molar-refractivity contribution in [3.63, 3.8) is 0 Å². The van der Waals surface area contributed by atoms with Gasteiger partial charge in [0.25, 0.3) is 0 Å². The maximum Gasteiger partial charge on any atom is 0.0591 e. The van der Waals surface area contributed by atoms with Gasteiger partial charge in [-0.1, -0.05) is 33.6 Å². The molecule has 0 fully saturated rings. The molecule has 0 saturated carbocycles. The Hall–Kier alpha value is -0.120. The van der Waals surface area contributed by atoms with Crippen LogP contribution in [0.4, 0.5) is 0 Å². The Morgan fingerprint density at radius 1 is 0.941 bits per heavy atom. The van der Waals surface area contributed by atoms with Gasteiger partial charge >= 0.3 is 0 Å². The summed E-state index contributed by atoms with van der Waals surface area (Å²) >= 11 is 0. The van der Waals surface area contributed by atoms with Crippen molar-refractivity contribution >= 4 is 0 Å². The molecule has 3 nitrogen and oxygen atoms in total. The molecule has 0 aromatic carbocycles. The van der Waals surface area contributed by atoms with Crippen LogP contribution in [0.3, 0.4) is 0 Å². The maximum absolute atomic E-state index is 5.59. The van der Waals surface area contributed by atoms with Gasteiger partial charge in [-0.3, -0.25) is 0 Å². The van der Waals surface area contributed by atoms with Gasteiger partial charge in [0.15, 0.2) is 0 Å². The molecule has 0 aromatic heterocycles. The van der Waals surface area contributed by atoms with E-state index in [9.17, 15) is 0 Å². The van der Waals surface area contributed by atoms with Gasteiger partial charge in [0.05, 0.1) is 13.2 Å². The molecule has 3 heteroatoms. The Morgan fingerprint density at radius 3 is 2.29 bits per heavy atom. The molecule has 0 radical (unpaired) electrons. The predicted octanol–water partition coefficient (Wildman–Crippen LogP) is 2.85. The number of ether oxygens (including phenoxy) is 2. The summed E-state index contributed by atoms with van der Waals surface area (Å²) in [5.74, 6) is 0.692. The Labute approximate surface area is 107 Å². The average molecular weight is 245 g/mol. The third-order valence-electron chi connectivity index (χ3n) is 2.67. The standard InChI is InChI=1S/C14H31NO2/c1-4-6-10-16-11-8-15-9-12-17-13-14(3)7-5-2/h14-15H,4-13H2,1-3H3. The molecule has 0 rings (SSSR count). The van der Waals surface area contributed by atoms with E-state index in [1.807, 2.05) is 0 Å². The van der Waals surface area contributed by atoms with E-state index >= 15 is 0 Å². The molecule has 1 N–H and O–H groups in total. The van der Waals surface area contributed by atoms with Crippen molar-refractivity contribution in [3.8, 4) is 0 Å². The first-order chi connectivity index (χ1) is 8.31. The lowest BCUT2D eigenvalue weighted by molar-refractivity contribution is 0.0986. The van der Waals surface area contributed by atoms with Crippen LogP contribution in [0.15, 0.2) is 0 Å². The smallest absolute Gasteiger partial charge is 0.0591 e. The number of hydrogen-bond donors (Lipinski definition) is 1. The highest BCUT2D eigenvalue weighted by molar-refractivity contribution is 4.50. The van der Waals surface area contributed by atoms with Crippen molar-refractivity contribution < 1.29 is 9.47 Å². The molecule has 17 heavy (non-hydrogen) atoms. The van der Waals surface area contributed by atoms with Crippen molar-refractivity contribution in [2.75, 3.05) is 39.5 Å². The Morgan fingerprint density at radius 2 is 1.65 bits per heavy atom. The summed E-state index contributed by atoms with van der Waals surface area (Å²) in [6.07, 6.45) is 4.88. The quantitative estimate of drug-likeness (QED) is 0.506. The van der Waals surface area contributed by atoms with Gasteiger partial charge in [-0.2, -0.15) is 0 Å². The van der Waals surface area contributed by atoms with Gasteiger partial charge in [0.1, 0.15) is 0 Å². The lowest BCUT2D eigenvalue weighted by Gasteiger charge is -2.11. The Kier molecular flexibility index (Phi) is 13.8. The number of unbranched alkanes of at least 4 members (excludes halogenated alkanes) is 1. The maximum atomic E-state index is 5.59. The van der Waals surface area contributed by atoms with Crippen LogP contribution in [0.2, 0.25) is 0 Å². The van der Waals surface area contributed by atoms with Gasteiger partial charge in [-0.25, -0.2) is 0 Å². The average Bonchev–Trinajstić information content (AvgIpc) is 2.32. The molecular formula is C14H31NO2. The summed E-state index contributed by atoms with van der Waals surface area (Å²) in [7, 11) is 0. The van der Waals surface area contributed by atoms with Crippen LogP contribution < -0.4 is 5.32 Å². The van der Waals surface area contributed by atoms with Gasteiger partial charge < -0.3 is 14.8 Å². The fourth-order valence-corrected chi connectivity index (χ4v) is 1.62. The highest BCUT2D eigenvalue weighted by atomic mass is 16.5. The van der Waals surface area contributed by atoms with E-state index in [4.69, 9.17) is 9.47 Å². The van der Waals surface area contributed by atoms with Crippen LogP contribution in [0, 0.1) is 5.92 Å². The first-order valence-electron chi connectivity index (χ1n) is 7.17. The van der Waals surface area contributed by atoms with Crippen LogP contribution in [0.25, 0.3) is 0 Å². The minimum atomic E-state index is 0.692. The molecule has 0 heterocycles. The van der Waals surface area contributed by atoms with Crippen molar-refractivity contribution in [1.82, 2.24) is 5.32 Å². The summed E-state index contributed by atoms with van der Waals surface area (Å²) in [6, 6.07) is 0. The summed E-state index contributed by atoms with van der Waals surface area (Å²) in [5.41, 5.74) is 0. The number of hydrogen-bond acceptors (Lipinski definition) is 3. The van der Waals surface area contributed by atoms with Gasteiger partial charge in [0, 0.05) is 26.3 Å². The first kappa shape index (κ1) is 16.9. The SMILES string of the molecule is CCCCOCCNCCOCC(C)CCC. The van der Waals surface area contributed by atoms with Crippen LogP contribution in [0.1, 0.15) is 46.5 Å². The zero-order chi connectivity index (χ0) is 12.8. The lowest BCUT2D eigenvalue weighted by atomic mass is 10.1. The lowest BCUT2D eigenvalue weighted by Crippen LogP contribution is -2.24.